The van der Waals surface area contributed by atoms with Gasteiger partial charge in [0, 0.05) is 0 Å². The van der Waals surface area contributed by atoms with E-state index < -0.39 is 18.0 Å². The van der Waals surface area contributed by atoms with Crippen LogP contribution in [0, 0.1) is 0 Å². The Morgan fingerprint density at radius 2 is 2.17 bits per heavy atom. The van der Waals surface area contributed by atoms with E-state index in [4.69, 9.17) is 4.74 Å². The van der Waals surface area contributed by atoms with Crippen LogP contribution in [-0.2, 0) is 9.59 Å². The van der Waals surface area contributed by atoms with Crippen LogP contribution >= 0.6 is 0 Å². The van der Waals surface area contributed by atoms with Crippen LogP contribution in [0.15, 0.2) is 12.1 Å². The Bertz CT molecular complexity index is 516. The quantitative estimate of drug-likeness (QED) is 0.787. The van der Waals surface area contributed by atoms with Crippen LogP contribution < -0.4 is 15.4 Å². The van der Waals surface area contributed by atoms with Crippen molar-refractivity contribution >= 4 is 23.5 Å². The molecule has 1 aromatic rings. The number of hydrogen-bond acceptors (Lipinski definition) is 4. The summed E-state index contributed by atoms with van der Waals surface area (Å²) in [7, 11) is 0. The van der Waals surface area contributed by atoms with E-state index >= 15 is 0 Å². The van der Waals surface area contributed by atoms with Crippen molar-refractivity contribution in [2.45, 2.75) is 6.18 Å². The van der Waals surface area contributed by atoms with Crippen LogP contribution in [-0.4, -0.2) is 29.6 Å². The fourth-order valence-electron chi connectivity index (χ4n) is 1.22. The van der Waals surface area contributed by atoms with E-state index in [2.05, 4.69) is 10.3 Å². The maximum Gasteiger partial charge on any atom is 0.471 e. The minimum atomic E-state index is -5.00. The first kappa shape index (κ1) is 12.1. The molecule has 0 radical (unpaired) electrons. The van der Waals surface area contributed by atoms with Crippen LogP contribution in [0.1, 0.15) is 0 Å². The van der Waals surface area contributed by atoms with Crippen LogP contribution in [0.2, 0.25) is 0 Å². The standard InChI is InChI=1S/C9H6F3N3O3/c10-9(11,12)8(17)14-5-2-1-4-7(13-5)15-6(16)3-18-4/h1-2H,3H2,(H2,13,14,15,16,17). The largest absolute Gasteiger partial charge is 0.480 e. The minimum Gasteiger partial charge on any atom is -0.480 e. The molecule has 1 aliphatic heterocycles. The van der Waals surface area contributed by atoms with E-state index in [1.807, 2.05) is 0 Å². The van der Waals surface area contributed by atoms with Gasteiger partial charge in [-0.05, 0) is 12.1 Å². The summed E-state index contributed by atoms with van der Waals surface area (Å²) >= 11 is 0. The lowest BCUT2D eigenvalue weighted by atomic mass is 10.3. The van der Waals surface area contributed by atoms with Gasteiger partial charge in [-0.2, -0.15) is 13.2 Å². The number of fused-ring (bicyclic) bond motifs is 1. The number of hydrogen-bond donors (Lipinski definition) is 2. The van der Waals surface area contributed by atoms with Gasteiger partial charge in [0.05, 0.1) is 0 Å². The Morgan fingerprint density at radius 3 is 2.83 bits per heavy atom. The van der Waals surface area contributed by atoms with Gasteiger partial charge in [-0.15, -0.1) is 0 Å². The SMILES string of the molecule is O=C1COc2ccc(NC(=O)C(F)(F)F)nc2N1. The van der Waals surface area contributed by atoms with Crippen LogP contribution in [0.5, 0.6) is 5.75 Å². The molecule has 1 aromatic heterocycles. The van der Waals surface area contributed by atoms with Gasteiger partial charge in [0.1, 0.15) is 5.82 Å². The van der Waals surface area contributed by atoms with Crippen molar-refractivity contribution in [2.24, 2.45) is 0 Å². The molecular weight excluding hydrogens is 255 g/mol. The van der Waals surface area contributed by atoms with E-state index in [1.165, 1.54) is 6.07 Å². The molecule has 0 aromatic carbocycles. The topological polar surface area (TPSA) is 80.3 Å². The lowest BCUT2D eigenvalue weighted by molar-refractivity contribution is -0.167. The monoisotopic (exact) mass is 261 g/mol. The highest BCUT2D eigenvalue weighted by molar-refractivity contribution is 5.96. The third-order valence-electron chi connectivity index (χ3n) is 1.97. The molecule has 18 heavy (non-hydrogen) atoms. The normalized spacial score (nSPS) is 14.3. The predicted molar refractivity (Wildman–Crippen MR) is 53.0 cm³/mol. The van der Waals surface area contributed by atoms with Crippen molar-refractivity contribution in [2.75, 3.05) is 17.2 Å². The molecule has 9 heteroatoms. The summed E-state index contributed by atoms with van der Waals surface area (Å²) < 4.78 is 41.0. The number of pyridine rings is 1. The molecule has 0 saturated heterocycles. The summed E-state index contributed by atoms with van der Waals surface area (Å²) in [5.74, 6) is -2.76. The van der Waals surface area contributed by atoms with Crippen LogP contribution in [0.25, 0.3) is 0 Å². The molecule has 1 aliphatic rings. The number of halogens is 3. The number of alkyl halides is 3. The van der Waals surface area contributed by atoms with Crippen molar-refractivity contribution in [3.8, 4) is 5.75 Å². The zero-order chi connectivity index (χ0) is 13.3. The Kier molecular flexibility index (Phi) is 2.81. The molecule has 96 valence electrons. The summed E-state index contributed by atoms with van der Waals surface area (Å²) in [5, 5.41) is 3.87. The minimum absolute atomic E-state index is 0.0359. The maximum absolute atomic E-state index is 12.0. The molecule has 0 fully saturated rings. The molecular formula is C9H6F3N3O3. The number of amides is 2. The lowest BCUT2D eigenvalue weighted by Gasteiger charge is -2.17. The number of carbonyl (C=O) groups excluding carboxylic acids is 2. The zero-order valence-electron chi connectivity index (χ0n) is 8.67. The summed E-state index contributed by atoms with van der Waals surface area (Å²) in [6.45, 7) is -0.192. The van der Waals surface area contributed by atoms with Crippen molar-refractivity contribution in [1.82, 2.24) is 4.98 Å². The molecule has 6 nitrogen and oxygen atoms in total. The van der Waals surface area contributed by atoms with E-state index in [9.17, 15) is 22.8 Å². The number of ether oxygens (including phenoxy) is 1. The van der Waals surface area contributed by atoms with Crippen LogP contribution in [0.4, 0.5) is 24.8 Å². The summed E-state index contributed by atoms with van der Waals surface area (Å²) in [6, 6.07) is 2.44. The van der Waals surface area contributed by atoms with E-state index in [-0.39, 0.29) is 24.0 Å². The number of anilines is 2. The van der Waals surface area contributed by atoms with Gasteiger partial charge in [-0.1, -0.05) is 0 Å². The average Bonchev–Trinajstić information content (AvgIpc) is 2.27. The van der Waals surface area contributed by atoms with Crippen molar-refractivity contribution < 1.29 is 27.5 Å². The van der Waals surface area contributed by atoms with Gasteiger partial charge in [0.25, 0.3) is 5.91 Å². The number of carbonyl (C=O) groups is 2. The number of nitrogens with zero attached hydrogens (tertiary/aromatic N) is 1. The number of aromatic nitrogens is 1. The fourth-order valence-corrected chi connectivity index (χ4v) is 1.22. The smallest absolute Gasteiger partial charge is 0.471 e. The van der Waals surface area contributed by atoms with Crippen molar-refractivity contribution in [1.29, 1.82) is 0 Å². The molecule has 0 aliphatic carbocycles. The molecule has 2 N–H and O–H groups in total. The fraction of sp³-hybridized carbons (Fsp3) is 0.222. The van der Waals surface area contributed by atoms with Gasteiger partial charge < -0.3 is 15.4 Å². The van der Waals surface area contributed by atoms with Crippen molar-refractivity contribution in [3.05, 3.63) is 12.1 Å². The third-order valence-corrected chi connectivity index (χ3v) is 1.97. The van der Waals surface area contributed by atoms with Gasteiger partial charge in [-0.25, -0.2) is 4.98 Å². The van der Waals surface area contributed by atoms with E-state index in [0.29, 0.717) is 0 Å². The highest BCUT2D eigenvalue weighted by Crippen LogP contribution is 2.27. The molecule has 0 bridgehead atoms. The average molecular weight is 261 g/mol. The lowest BCUT2D eigenvalue weighted by Crippen LogP contribution is -2.31. The van der Waals surface area contributed by atoms with E-state index in [1.54, 1.807) is 5.32 Å². The molecule has 0 saturated carbocycles. The molecule has 2 amide bonds. The molecule has 2 rings (SSSR count). The Balaban J connectivity index is 2.19. The highest BCUT2D eigenvalue weighted by atomic mass is 19.4. The maximum atomic E-state index is 12.0. The summed E-state index contributed by atoms with van der Waals surface area (Å²) in [6.07, 6.45) is -5.00. The van der Waals surface area contributed by atoms with Crippen molar-refractivity contribution in [3.63, 3.8) is 0 Å². The van der Waals surface area contributed by atoms with Gasteiger partial charge in [0.2, 0.25) is 0 Å². The molecule has 0 unspecified atom stereocenters. The molecule has 0 spiro atoms. The first-order valence-corrected chi connectivity index (χ1v) is 4.68. The van der Waals surface area contributed by atoms with Gasteiger partial charge >= 0.3 is 12.1 Å². The van der Waals surface area contributed by atoms with Crippen LogP contribution in [0.3, 0.4) is 0 Å². The predicted octanol–water partition coefficient (Wildman–Crippen LogP) is 0.913. The van der Waals surface area contributed by atoms with Gasteiger partial charge in [-0.3, -0.25) is 9.59 Å². The zero-order valence-corrected chi connectivity index (χ0v) is 8.67. The molecule has 0 atom stereocenters. The second-order valence-electron chi connectivity index (χ2n) is 3.33. The number of rotatable bonds is 1. The van der Waals surface area contributed by atoms with Gasteiger partial charge in [0.15, 0.2) is 18.2 Å². The second kappa shape index (κ2) is 4.17. The van der Waals surface area contributed by atoms with E-state index in [0.717, 1.165) is 6.07 Å². The first-order chi connectivity index (χ1) is 8.36. The second-order valence-corrected chi connectivity index (χ2v) is 3.33. The first-order valence-electron chi connectivity index (χ1n) is 4.68. The highest BCUT2D eigenvalue weighted by Gasteiger charge is 2.39. The Hall–Kier alpha value is -2.32. The summed E-state index contributed by atoms with van der Waals surface area (Å²) in [5.41, 5.74) is 0. The Morgan fingerprint density at radius 1 is 1.44 bits per heavy atom. The number of nitrogens with one attached hydrogen (secondary N) is 2. The third kappa shape index (κ3) is 2.50. The summed E-state index contributed by atoms with van der Waals surface area (Å²) in [4.78, 5) is 25.3. The Labute approximate surface area is 98.1 Å². The molecule has 2 heterocycles.